The van der Waals surface area contributed by atoms with Gasteiger partial charge < -0.3 is 15.4 Å². The van der Waals surface area contributed by atoms with Crippen LogP contribution in [-0.4, -0.2) is 36.7 Å². The highest BCUT2D eigenvalue weighted by Crippen LogP contribution is 2.28. The monoisotopic (exact) mass is 451 g/mol. The van der Waals surface area contributed by atoms with E-state index in [2.05, 4.69) is 32.5 Å². The maximum absolute atomic E-state index is 12.7. The average Bonchev–Trinajstić information content (AvgIpc) is 3.46. The first-order valence-corrected chi connectivity index (χ1v) is 10.7. The molecule has 0 spiro atoms. The highest BCUT2D eigenvalue weighted by molar-refractivity contribution is 5.94. The number of carbonyl (C=O) groups excluding carboxylic acids is 1. The summed E-state index contributed by atoms with van der Waals surface area (Å²) in [6.45, 7) is 0.275. The van der Waals surface area contributed by atoms with Crippen LogP contribution in [0.5, 0.6) is 0 Å². The molecule has 0 aliphatic heterocycles. The Balaban J connectivity index is 1.34. The molecule has 0 saturated heterocycles. The molecule has 1 amide bonds. The first kappa shape index (κ1) is 21.1. The maximum Gasteiger partial charge on any atom is 0.335 e. The van der Waals surface area contributed by atoms with Gasteiger partial charge in [0.15, 0.2) is 5.69 Å². The predicted octanol–water partition coefficient (Wildman–Crippen LogP) is 4.26. The van der Waals surface area contributed by atoms with Gasteiger partial charge in [-0.15, -0.1) is 0 Å². The molecule has 0 atom stereocenters. The number of carbonyl (C=O) groups is 2. The molecule has 8 heteroatoms. The Morgan fingerprint density at radius 3 is 2.59 bits per heavy atom. The zero-order valence-corrected chi connectivity index (χ0v) is 18.3. The zero-order valence-electron chi connectivity index (χ0n) is 18.3. The Morgan fingerprint density at radius 1 is 1.03 bits per heavy atom. The lowest BCUT2D eigenvalue weighted by Gasteiger charge is -2.04. The largest absolute Gasteiger partial charge is 0.478 e. The van der Waals surface area contributed by atoms with E-state index in [1.807, 2.05) is 30.5 Å². The molecule has 0 fully saturated rings. The van der Waals surface area contributed by atoms with Crippen LogP contribution >= 0.6 is 0 Å². The Hall–Kier alpha value is -4.72. The highest BCUT2D eigenvalue weighted by Gasteiger charge is 2.15. The molecule has 0 bridgehead atoms. The van der Waals surface area contributed by atoms with Crippen molar-refractivity contribution >= 4 is 22.8 Å². The van der Waals surface area contributed by atoms with Gasteiger partial charge in [0.1, 0.15) is 0 Å². The third-order valence-corrected chi connectivity index (χ3v) is 5.66. The van der Waals surface area contributed by atoms with Crippen LogP contribution in [0, 0.1) is 0 Å². The van der Waals surface area contributed by atoms with E-state index in [9.17, 15) is 9.59 Å². The molecular formula is C26H21N5O3. The zero-order chi connectivity index (χ0) is 23.7. The Labute approximate surface area is 194 Å². The summed E-state index contributed by atoms with van der Waals surface area (Å²) in [6, 6.07) is 20.2. The van der Waals surface area contributed by atoms with Crippen molar-refractivity contribution in [1.29, 1.82) is 0 Å². The van der Waals surface area contributed by atoms with Crippen LogP contribution < -0.4 is 5.32 Å². The summed E-state index contributed by atoms with van der Waals surface area (Å²) in [7, 11) is 1.80. The summed E-state index contributed by atoms with van der Waals surface area (Å²) in [4.78, 5) is 31.2. The fourth-order valence-corrected chi connectivity index (χ4v) is 3.86. The lowest BCUT2D eigenvalue weighted by atomic mass is 10.1. The van der Waals surface area contributed by atoms with Crippen molar-refractivity contribution in [1.82, 2.24) is 25.1 Å². The summed E-state index contributed by atoms with van der Waals surface area (Å²) in [5, 5.41) is 17.3. The first-order valence-electron chi connectivity index (χ1n) is 10.7. The van der Waals surface area contributed by atoms with Gasteiger partial charge in [-0.1, -0.05) is 18.2 Å². The average molecular weight is 451 g/mol. The molecule has 0 saturated carbocycles. The van der Waals surface area contributed by atoms with Crippen molar-refractivity contribution in [2.75, 3.05) is 0 Å². The van der Waals surface area contributed by atoms with Gasteiger partial charge in [0.05, 0.1) is 11.3 Å². The molecule has 3 heterocycles. The van der Waals surface area contributed by atoms with E-state index >= 15 is 0 Å². The number of nitrogens with zero attached hydrogens (tertiary/aromatic N) is 3. The van der Waals surface area contributed by atoms with E-state index < -0.39 is 5.97 Å². The number of pyridine rings is 1. The molecule has 34 heavy (non-hydrogen) atoms. The molecule has 8 nitrogen and oxygen atoms in total. The minimum Gasteiger partial charge on any atom is -0.478 e. The smallest absolute Gasteiger partial charge is 0.335 e. The highest BCUT2D eigenvalue weighted by atomic mass is 16.4. The summed E-state index contributed by atoms with van der Waals surface area (Å²) in [5.74, 6) is -1.28. The van der Waals surface area contributed by atoms with Gasteiger partial charge in [0, 0.05) is 53.7 Å². The number of benzene rings is 2. The van der Waals surface area contributed by atoms with E-state index in [0.717, 1.165) is 39.0 Å². The molecule has 3 aromatic heterocycles. The number of hydrogen-bond acceptors (Lipinski definition) is 4. The normalized spacial score (nSPS) is 11.0. The van der Waals surface area contributed by atoms with E-state index in [0.29, 0.717) is 5.69 Å². The number of nitrogens with one attached hydrogen (secondary N) is 2. The molecule has 5 rings (SSSR count). The number of H-pyrrole nitrogens is 1. The number of carboxylic acid groups (broad SMARTS) is 1. The van der Waals surface area contributed by atoms with Crippen molar-refractivity contribution in [2.45, 2.75) is 6.54 Å². The SMILES string of the molecule is Cn1nc(C(=O)NCc2ccc(C(=O)O)cc2)cc1-c1ccc2[nH]c(-c3cccnc3)cc2c1. The molecule has 2 aromatic carbocycles. The van der Waals surface area contributed by atoms with E-state index in [1.54, 1.807) is 36.1 Å². The number of aryl methyl sites for hydroxylation is 1. The fourth-order valence-electron chi connectivity index (χ4n) is 3.86. The van der Waals surface area contributed by atoms with Crippen LogP contribution in [0.25, 0.3) is 33.4 Å². The van der Waals surface area contributed by atoms with E-state index in [1.165, 1.54) is 12.1 Å². The van der Waals surface area contributed by atoms with Crippen molar-refractivity contribution in [3.63, 3.8) is 0 Å². The Bertz CT molecular complexity index is 1500. The second-order valence-electron chi connectivity index (χ2n) is 7.95. The Kier molecular flexibility index (Phi) is 5.39. The molecule has 168 valence electrons. The number of aromatic amines is 1. The van der Waals surface area contributed by atoms with Gasteiger partial charge >= 0.3 is 5.97 Å². The number of carboxylic acids is 1. The van der Waals surface area contributed by atoms with Gasteiger partial charge in [-0.3, -0.25) is 14.5 Å². The van der Waals surface area contributed by atoms with Crippen LogP contribution in [0.4, 0.5) is 0 Å². The van der Waals surface area contributed by atoms with Gasteiger partial charge in [-0.25, -0.2) is 4.79 Å². The van der Waals surface area contributed by atoms with Gasteiger partial charge in [-0.05, 0) is 54.1 Å². The lowest BCUT2D eigenvalue weighted by molar-refractivity contribution is 0.0696. The molecule has 0 aliphatic rings. The molecular weight excluding hydrogens is 430 g/mol. The van der Waals surface area contributed by atoms with Crippen molar-refractivity contribution in [2.24, 2.45) is 7.05 Å². The van der Waals surface area contributed by atoms with Crippen molar-refractivity contribution < 1.29 is 14.7 Å². The second-order valence-corrected chi connectivity index (χ2v) is 7.95. The van der Waals surface area contributed by atoms with Crippen LogP contribution in [0.15, 0.2) is 79.1 Å². The first-order chi connectivity index (χ1) is 16.5. The maximum atomic E-state index is 12.7. The standard InChI is InChI=1S/C26H21N5O3/c1-31-24(13-23(30-31)25(32)28-14-16-4-6-17(7-5-16)26(33)34)18-8-9-21-20(11-18)12-22(29-21)19-3-2-10-27-15-19/h2-13,15,29H,14H2,1H3,(H,28,32)(H,33,34). The second kappa shape index (κ2) is 8.67. The van der Waals surface area contributed by atoms with Crippen LogP contribution in [0.3, 0.4) is 0 Å². The molecule has 3 N–H and O–H groups in total. The summed E-state index contributed by atoms with van der Waals surface area (Å²) >= 11 is 0. The molecule has 5 aromatic rings. The van der Waals surface area contributed by atoms with E-state index in [4.69, 9.17) is 5.11 Å². The van der Waals surface area contributed by atoms with Crippen LogP contribution in [-0.2, 0) is 13.6 Å². The third kappa shape index (κ3) is 4.16. The van der Waals surface area contributed by atoms with Crippen LogP contribution in [0.2, 0.25) is 0 Å². The van der Waals surface area contributed by atoms with Gasteiger partial charge in [0.25, 0.3) is 5.91 Å². The molecule has 0 radical (unpaired) electrons. The number of aromatic nitrogens is 4. The third-order valence-electron chi connectivity index (χ3n) is 5.66. The number of aromatic carboxylic acids is 1. The van der Waals surface area contributed by atoms with Gasteiger partial charge in [-0.2, -0.15) is 5.10 Å². The minimum absolute atomic E-state index is 0.205. The number of amides is 1. The number of rotatable bonds is 6. The van der Waals surface area contributed by atoms with Crippen molar-refractivity contribution in [3.8, 4) is 22.5 Å². The predicted molar refractivity (Wildman–Crippen MR) is 128 cm³/mol. The molecule has 0 unspecified atom stereocenters. The summed E-state index contributed by atoms with van der Waals surface area (Å²) in [6.07, 6.45) is 3.56. The summed E-state index contributed by atoms with van der Waals surface area (Å²) < 4.78 is 1.69. The number of fused-ring (bicyclic) bond motifs is 1. The minimum atomic E-state index is -0.984. The van der Waals surface area contributed by atoms with Crippen molar-refractivity contribution in [3.05, 3.63) is 95.9 Å². The van der Waals surface area contributed by atoms with E-state index in [-0.39, 0.29) is 18.0 Å². The number of hydrogen-bond donors (Lipinski definition) is 3. The van der Waals surface area contributed by atoms with Gasteiger partial charge in [0.2, 0.25) is 0 Å². The quantitative estimate of drug-likeness (QED) is 0.357. The Morgan fingerprint density at radius 2 is 1.85 bits per heavy atom. The topological polar surface area (TPSA) is 113 Å². The summed E-state index contributed by atoms with van der Waals surface area (Å²) in [5.41, 5.74) is 6.10. The van der Waals surface area contributed by atoms with Crippen LogP contribution in [0.1, 0.15) is 26.4 Å². The molecule has 0 aliphatic carbocycles. The fraction of sp³-hybridized carbons (Fsp3) is 0.0769. The lowest BCUT2D eigenvalue weighted by Crippen LogP contribution is -2.23.